The third-order valence-corrected chi connectivity index (χ3v) is 3.74. The topological polar surface area (TPSA) is 102 Å². The molecule has 1 unspecified atom stereocenters. The van der Waals surface area contributed by atoms with Crippen LogP contribution in [-0.4, -0.2) is 41.4 Å². The van der Waals surface area contributed by atoms with Gasteiger partial charge in [0.2, 0.25) is 5.91 Å². The van der Waals surface area contributed by atoms with Gasteiger partial charge in [0.1, 0.15) is 5.69 Å². The van der Waals surface area contributed by atoms with Crippen LogP contribution in [-0.2, 0) is 4.79 Å². The molecule has 1 atom stereocenters. The van der Waals surface area contributed by atoms with Gasteiger partial charge in [0, 0.05) is 18.7 Å². The molecular formula is C14H20N4O3. The molecule has 0 radical (unpaired) electrons. The van der Waals surface area contributed by atoms with Crippen LogP contribution in [0.3, 0.4) is 0 Å². The van der Waals surface area contributed by atoms with Gasteiger partial charge in [-0.2, -0.15) is 0 Å². The monoisotopic (exact) mass is 292 g/mol. The van der Waals surface area contributed by atoms with E-state index in [2.05, 4.69) is 5.32 Å². The van der Waals surface area contributed by atoms with Gasteiger partial charge in [0.15, 0.2) is 0 Å². The van der Waals surface area contributed by atoms with Crippen LogP contribution in [0.2, 0.25) is 0 Å². The third kappa shape index (κ3) is 3.99. The molecule has 114 valence electrons. The number of nitrogens with zero attached hydrogens (tertiary/aromatic N) is 2. The van der Waals surface area contributed by atoms with Gasteiger partial charge in [-0.15, -0.1) is 0 Å². The summed E-state index contributed by atoms with van der Waals surface area (Å²) in [5.41, 5.74) is 5.86. The number of hydrogen-bond donors (Lipinski definition) is 2. The molecule has 0 saturated carbocycles. The Morgan fingerprint density at radius 2 is 2.19 bits per heavy atom. The van der Waals surface area contributed by atoms with E-state index in [1.165, 1.54) is 12.1 Å². The van der Waals surface area contributed by atoms with Gasteiger partial charge < -0.3 is 11.1 Å². The maximum absolute atomic E-state index is 12.1. The molecular weight excluding hydrogens is 272 g/mol. The van der Waals surface area contributed by atoms with Crippen molar-refractivity contribution in [3.63, 3.8) is 0 Å². The van der Waals surface area contributed by atoms with Crippen molar-refractivity contribution in [3.05, 3.63) is 34.4 Å². The summed E-state index contributed by atoms with van der Waals surface area (Å²) in [4.78, 5) is 24.6. The van der Waals surface area contributed by atoms with Crippen LogP contribution in [0.25, 0.3) is 0 Å². The number of likely N-dealkylation sites (tertiary alicyclic amines) is 1. The Bertz CT molecular complexity index is 521. The summed E-state index contributed by atoms with van der Waals surface area (Å²) in [7, 11) is 0. The van der Waals surface area contributed by atoms with E-state index < -0.39 is 4.92 Å². The minimum Gasteiger partial charge on any atom is -0.329 e. The molecule has 1 aliphatic heterocycles. The molecule has 0 aromatic heterocycles. The number of hydrogen-bond acceptors (Lipinski definition) is 5. The van der Waals surface area contributed by atoms with Crippen molar-refractivity contribution < 1.29 is 9.72 Å². The third-order valence-electron chi connectivity index (χ3n) is 3.74. The van der Waals surface area contributed by atoms with Gasteiger partial charge in [-0.3, -0.25) is 19.8 Å². The highest BCUT2D eigenvalue weighted by Gasteiger charge is 2.24. The zero-order chi connectivity index (χ0) is 15.2. The average molecular weight is 292 g/mol. The minimum atomic E-state index is -0.501. The number of nitro benzene ring substituents is 1. The summed E-state index contributed by atoms with van der Waals surface area (Å²) in [6, 6.07) is 6.36. The van der Waals surface area contributed by atoms with Crippen molar-refractivity contribution in [1.82, 2.24) is 4.90 Å². The Labute approximate surface area is 123 Å². The predicted molar refractivity (Wildman–Crippen MR) is 80.0 cm³/mol. The van der Waals surface area contributed by atoms with E-state index in [1.54, 1.807) is 12.1 Å². The van der Waals surface area contributed by atoms with Crippen LogP contribution in [0.15, 0.2) is 24.3 Å². The zero-order valence-electron chi connectivity index (χ0n) is 11.8. The number of nitrogens with one attached hydrogen (secondary N) is 1. The molecule has 0 bridgehead atoms. The minimum absolute atomic E-state index is 0.0973. The van der Waals surface area contributed by atoms with Crippen molar-refractivity contribution in [3.8, 4) is 0 Å². The van der Waals surface area contributed by atoms with Crippen LogP contribution in [0.4, 0.5) is 11.4 Å². The van der Waals surface area contributed by atoms with Crippen LogP contribution in [0.1, 0.15) is 19.3 Å². The normalized spacial score (nSPS) is 19.2. The van der Waals surface area contributed by atoms with E-state index in [0.29, 0.717) is 6.54 Å². The first-order valence-electron chi connectivity index (χ1n) is 7.09. The lowest BCUT2D eigenvalue weighted by Crippen LogP contribution is -2.47. The fraction of sp³-hybridized carbons (Fsp3) is 0.500. The number of carbonyl (C=O) groups excluding carboxylic acids is 1. The number of nitrogens with two attached hydrogens (primary N) is 1. The van der Waals surface area contributed by atoms with E-state index in [9.17, 15) is 14.9 Å². The highest BCUT2D eigenvalue weighted by atomic mass is 16.6. The summed E-state index contributed by atoms with van der Waals surface area (Å²) >= 11 is 0. The standard InChI is InChI=1S/C14H20N4O3/c15-9-11-5-3-4-8-17(11)10-14(19)16-12-6-1-2-7-13(12)18(20)21/h1-2,6-7,11H,3-5,8-10,15H2,(H,16,19). The van der Waals surface area contributed by atoms with Crippen molar-refractivity contribution in [2.75, 3.05) is 25.0 Å². The lowest BCUT2D eigenvalue weighted by Gasteiger charge is -2.34. The van der Waals surface area contributed by atoms with Crippen molar-refractivity contribution in [2.45, 2.75) is 25.3 Å². The lowest BCUT2D eigenvalue weighted by atomic mass is 10.0. The quantitative estimate of drug-likeness (QED) is 0.630. The Kier molecular flexibility index (Phi) is 5.24. The van der Waals surface area contributed by atoms with Gasteiger partial charge in [0.25, 0.3) is 5.69 Å². The van der Waals surface area contributed by atoms with Crippen LogP contribution >= 0.6 is 0 Å². The van der Waals surface area contributed by atoms with Crippen molar-refractivity contribution in [1.29, 1.82) is 0 Å². The van der Waals surface area contributed by atoms with E-state index in [4.69, 9.17) is 5.73 Å². The number of piperidine rings is 1. The second-order valence-corrected chi connectivity index (χ2v) is 5.18. The number of amides is 1. The molecule has 21 heavy (non-hydrogen) atoms. The summed E-state index contributed by atoms with van der Waals surface area (Å²) in [5, 5.41) is 13.5. The molecule has 7 heteroatoms. The van der Waals surface area contributed by atoms with Gasteiger partial charge in [-0.05, 0) is 25.5 Å². The second kappa shape index (κ2) is 7.14. The Hall–Kier alpha value is -1.99. The van der Waals surface area contributed by atoms with Crippen molar-refractivity contribution in [2.24, 2.45) is 5.73 Å². The Morgan fingerprint density at radius 3 is 2.90 bits per heavy atom. The van der Waals surface area contributed by atoms with E-state index in [1.807, 2.05) is 4.90 Å². The second-order valence-electron chi connectivity index (χ2n) is 5.18. The van der Waals surface area contributed by atoms with Crippen molar-refractivity contribution >= 4 is 17.3 Å². The first-order chi connectivity index (χ1) is 10.1. The molecule has 3 N–H and O–H groups in total. The molecule has 1 aliphatic rings. The Morgan fingerprint density at radius 1 is 1.43 bits per heavy atom. The maximum Gasteiger partial charge on any atom is 0.292 e. The fourth-order valence-electron chi connectivity index (χ4n) is 2.65. The average Bonchev–Trinajstić information content (AvgIpc) is 2.48. The first kappa shape index (κ1) is 15.4. The van der Waals surface area contributed by atoms with E-state index in [-0.39, 0.29) is 29.9 Å². The number of carbonyl (C=O) groups is 1. The number of anilines is 1. The lowest BCUT2D eigenvalue weighted by molar-refractivity contribution is -0.383. The largest absolute Gasteiger partial charge is 0.329 e. The summed E-state index contributed by atoms with van der Waals surface area (Å²) < 4.78 is 0. The van der Waals surface area contributed by atoms with E-state index >= 15 is 0 Å². The van der Waals surface area contributed by atoms with Crippen LogP contribution < -0.4 is 11.1 Å². The van der Waals surface area contributed by atoms with Gasteiger partial charge >= 0.3 is 0 Å². The summed E-state index contributed by atoms with van der Waals surface area (Å²) in [6.07, 6.45) is 3.18. The zero-order valence-corrected chi connectivity index (χ0v) is 11.8. The number of benzene rings is 1. The molecule has 1 fully saturated rings. The molecule has 2 rings (SSSR count). The van der Waals surface area contributed by atoms with Crippen LogP contribution in [0, 0.1) is 10.1 Å². The molecule has 1 aromatic rings. The van der Waals surface area contributed by atoms with Gasteiger partial charge in [-0.25, -0.2) is 0 Å². The molecule has 1 aromatic carbocycles. The molecule has 7 nitrogen and oxygen atoms in total. The van der Waals surface area contributed by atoms with Gasteiger partial charge in [-0.1, -0.05) is 18.6 Å². The molecule has 0 spiro atoms. The molecule has 1 heterocycles. The fourth-order valence-corrected chi connectivity index (χ4v) is 2.65. The first-order valence-corrected chi connectivity index (χ1v) is 7.09. The van der Waals surface area contributed by atoms with Gasteiger partial charge in [0.05, 0.1) is 11.5 Å². The smallest absolute Gasteiger partial charge is 0.292 e. The summed E-state index contributed by atoms with van der Waals surface area (Å²) in [6.45, 7) is 1.58. The predicted octanol–water partition coefficient (Wildman–Crippen LogP) is 1.35. The summed E-state index contributed by atoms with van der Waals surface area (Å²) in [5.74, 6) is -0.246. The van der Waals surface area contributed by atoms with E-state index in [0.717, 1.165) is 25.8 Å². The number of nitro groups is 1. The number of rotatable bonds is 5. The highest BCUT2D eigenvalue weighted by molar-refractivity contribution is 5.94. The maximum atomic E-state index is 12.1. The molecule has 1 saturated heterocycles. The number of para-hydroxylation sites is 2. The highest BCUT2D eigenvalue weighted by Crippen LogP contribution is 2.23. The van der Waals surface area contributed by atoms with Crippen LogP contribution in [0.5, 0.6) is 0 Å². The Balaban J connectivity index is 2.00. The molecule has 0 aliphatic carbocycles. The molecule has 1 amide bonds. The SMILES string of the molecule is NCC1CCCCN1CC(=O)Nc1ccccc1[N+](=O)[O-].